The van der Waals surface area contributed by atoms with Gasteiger partial charge in [0.2, 0.25) is 5.91 Å². The van der Waals surface area contributed by atoms with Gasteiger partial charge in [0.15, 0.2) is 0 Å². The first kappa shape index (κ1) is 20.1. The smallest absolute Gasteiger partial charge is 0.326 e. The summed E-state index contributed by atoms with van der Waals surface area (Å²) in [6, 6.07) is 14.6. The average Bonchev–Trinajstić information content (AvgIpc) is 2.68. The predicted molar refractivity (Wildman–Crippen MR) is 103 cm³/mol. The van der Waals surface area contributed by atoms with Gasteiger partial charge < -0.3 is 10.6 Å². The lowest BCUT2D eigenvalue weighted by molar-refractivity contribution is -0.137. The average molecular weight is 399 g/mol. The third kappa shape index (κ3) is 5.19. The number of amides is 2. The molecule has 29 heavy (non-hydrogen) atoms. The molecule has 0 unspecified atom stereocenters. The number of anilines is 2. The second-order valence-corrected chi connectivity index (χ2v) is 6.23. The van der Waals surface area contributed by atoms with Gasteiger partial charge in [0.25, 0.3) is 5.91 Å². The van der Waals surface area contributed by atoms with E-state index >= 15 is 0 Å². The van der Waals surface area contributed by atoms with Gasteiger partial charge in [-0.2, -0.15) is 13.2 Å². The van der Waals surface area contributed by atoms with E-state index in [2.05, 4.69) is 15.6 Å². The van der Waals surface area contributed by atoms with Gasteiger partial charge in [-0.05, 0) is 48.0 Å². The van der Waals surface area contributed by atoms with Crippen LogP contribution in [0.1, 0.15) is 22.8 Å². The highest BCUT2D eigenvalue weighted by molar-refractivity contribution is 6.04. The molecule has 0 bridgehead atoms. The Morgan fingerprint density at radius 1 is 0.897 bits per heavy atom. The zero-order valence-corrected chi connectivity index (χ0v) is 15.2. The SMILES string of the molecule is CC(=O)Nc1cccc(-c2ccc(NC(=O)c3cccc(C(F)(F)F)c3)nc2)c1. The number of rotatable bonds is 4. The van der Waals surface area contributed by atoms with Crippen LogP contribution in [0, 0.1) is 0 Å². The molecule has 0 spiro atoms. The fourth-order valence-corrected chi connectivity index (χ4v) is 2.64. The number of hydrogen-bond donors (Lipinski definition) is 2. The first-order valence-corrected chi connectivity index (χ1v) is 8.55. The van der Waals surface area contributed by atoms with Crippen molar-refractivity contribution in [1.82, 2.24) is 4.98 Å². The van der Waals surface area contributed by atoms with Crippen molar-refractivity contribution in [3.8, 4) is 11.1 Å². The standard InChI is InChI=1S/C21H16F3N3O2/c1-13(28)26-18-7-3-4-14(11-18)16-8-9-19(25-12-16)27-20(29)15-5-2-6-17(10-15)21(22,23)24/h2-12H,1H3,(H,26,28)(H,25,27,29). The van der Waals surface area contributed by atoms with E-state index in [4.69, 9.17) is 0 Å². The Morgan fingerprint density at radius 3 is 2.31 bits per heavy atom. The number of pyridine rings is 1. The van der Waals surface area contributed by atoms with Gasteiger partial charge in [0.1, 0.15) is 5.82 Å². The Morgan fingerprint density at radius 2 is 1.66 bits per heavy atom. The lowest BCUT2D eigenvalue weighted by Crippen LogP contribution is -2.14. The zero-order chi connectivity index (χ0) is 21.0. The summed E-state index contributed by atoms with van der Waals surface area (Å²) < 4.78 is 38.4. The third-order valence-electron chi connectivity index (χ3n) is 3.97. The van der Waals surface area contributed by atoms with Crippen molar-refractivity contribution in [1.29, 1.82) is 0 Å². The van der Waals surface area contributed by atoms with Crippen molar-refractivity contribution in [3.63, 3.8) is 0 Å². The van der Waals surface area contributed by atoms with E-state index in [0.29, 0.717) is 5.69 Å². The molecule has 0 fully saturated rings. The quantitative estimate of drug-likeness (QED) is 0.650. The fraction of sp³-hybridized carbons (Fsp3) is 0.0952. The first-order valence-electron chi connectivity index (χ1n) is 8.55. The second-order valence-electron chi connectivity index (χ2n) is 6.23. The predicted octanol–water partition coefficient (Wildman–Crippen LogP) is 4.98. The summed E-state index contributed by atoms with van der Waals surface area (Å²) in [5, 5.41) is 5.17. The molecule has 1 aromatic heterocycles. The number of aromatic nitrogens is 1. The Balaban J connectivity index is 1.74. The van der Waals surface area contributed by atoms with Gasteiger partial charge in [0, 0.05) is 29.9 Å². The molecule has 5 nitrogen and oxygen atoms in total. The number of hydrogen-bond acceptors (Lipinski definition) is 3. The number of benzene rings is 2. The minimum atomic E-state index is -4.53. The van der Waals surface area contributed by atoms with Crippen molar-refractivity contribution in [2.45, 2.75) is 13.1 Å². The number of carbonyl (C=O) groups is 2. The van der Waals surface area contributed by atoms with Crippen LogP contribution in [0.5, 0.6) is 0 Å². The number of nitrogens with one attached hydrogen (secondary N) is 2. The minimum Gasteiger partial charge on any atom is -0.326 e. The second kappa shape index (κ2) is 8.14. The van der Waals surface area contributed by atoms with E-state index in [9.17, 15) is 22.8 Å². The molecule has 2 aromatic carbocycles. The molecular formula is C21H16F3N3O2. The molecule has 1 heterocycles. The van der Waals surface area contributed by atoms with Gasteiger partial charge in [-0.25, -0.2) is 4.98 Å². The summed E-state index contributed by atoms with van der Waals surface area (Å²) in [5.74, 6) is -0.675. The molecule has 0 aliphatic rings. The van der Waals surface area contributed by atoms with Crippen LogP contribution >= 0.6 is 0 Å². The number of nitrogens with zero attached hydrogens (tertiary/aromatic N) is 1. The fourth-order valence-electron chi connectivity index (χ4n) is 2.64. The maximum absolute atomic E-state index is 12.8. The lowest BCUT2D eigenvalue weighted by Gasteiger charge is -2.10. The summed E-state index contributed by atoms with van der Waals surface area (Å²) in [7, 11) is 0. The van der Waals surface area contributed by atoms with E-state index in [1.54, 1.807) is 30.3 Å². The maximum Gasteiger partial charge on any atom is 0.416 e. The molecule has 0 atom stereocenters. The van der Waals surface area contributed by atoms with Crippen LogP contribution in [0.2, 0.25) is 0 Å². The highest BCUT2D eigenvalue weighted by Gasteiger charge is 2.30. The molecule has 0 saturated heterocycles. The van der Waals surface area contributed by atoms with Crippen LogP contribution in [-0.4, -0.2) is 16.8 Å². The van der Waals surface area contributed by atoms with E-state index in [-0.39, 0.29) is 17.3 Å². The summed E-state index contributed by atoms with van der Waals surface area (Å²) in [6.45, 7) is 1.41. The Bertz CT molecular complexity index is 1050. The van der Waals surface area contributed by atoms with Crippen molar-refractivity contribution in [2.75, 3.05) is 10.6 Å². The summed E-state index contributed by atoms with van der Waals surface area (Å²) in [5.41, 5.74) is 1.17. The normalized spacial score (nSPS) is 11.0. The van der Waals surface area contributed by atoms with Gasteiger partial charge in [-0.1, -0.05) is 18.2 Å². The van der Waals surface area contributed by atoms with E-state index in [0.717, 1.165) is 23.3 Å². The molecule has 0 aliphatic heterocycles. The van der Waals surface area contributed by atoms with Crippen molar-refractivity contribution < 1.29 is 22.8 Å². The van der Waals surface area contributed by atoms with E-state index in [1.807, 2.05) is 6.07 Å². The Labute approximate surface area is 164 Å². The topological polar surface area (TPSA) is 71.1 Å². The van der Waals surface area contributed by atoms with E-state index in [1.165, 1.54) is 25.3 Å². The van der Waals surface area contributed by atoms with Crippen LogP contribution in [0.25, 0.3) is 11.1 Å². The van der Waals surface area contributed by atoms with Gasteiger partial charge in [-0.3, -0.25) is 9.59 Å². The zero-order valence-electron chi connectivity index (χ0n) is 15.2. The molecule has 0 saturated carbocycles. The number of halogens is 3. The highest BCUT2D eigenvalue weighted by Crippen LogP contribution is 2.29. The lowest BCUT2D eigenvalue weighted by atomic mass is 10.1. The van der Waals surface area contributed by atoms with Crippen molar-refractivity contribution in [2.24, 2.45) is 0 Å². The van der Waals surface area contributed by atoms with Crippen LogP contribution in [0.3, 0.4) is 0 Å². The molecule has 2 amide bonds. The summed E-state index contributed by atoms with van der Waals surface area (Å²) >= 11 is 0. The Kier molecular flexibility index (Phi) is 5.63. The van der Waals surface area contributed by atoms with Crippen molar-refractivity contribution in [3.05, 3.63) is 78.0 Å². The largest absolute Gasteiger partial charge is 0.416 e. The van der Waals surface area contributed by atoms with Crippen molar-refractivity contribution >= 4 is 23.3 Å². The van der Waals surface area contributed by atoms with Crippen LogP contribution in [0.15, 0.2) is 66.9 Å². The van der Waals surface area contributed by atoms with Gasteiger partial charge in [0.05, 0.1) is 5.56 Å². The van der Waals surface area contributed by atoms with Gasteiger partial charge >= 0.3 is 6.18 Å². The third-order valence-corrected chi connectivity index (χ3v) is 3.97. The molecule has 3 rings (SSSR count). The summed E-state index contributed by atoms with van der Waals surface area (Å²) in [6.07, 6.45) is -3.00. The van der Waals surface area contributed by atoms with Crippen LogP contribution < -0.4 is 10.6 Å². The minimum absolute atomic E-state index is 0.117. The molecular weight excluding hydrogens is 383 g/mol. The van der Waals surface area contributed by atoms with Crippen LogP contribution in [-0.2, 0) is 11.0 Å². The highest BCUT2D eigenvalue weighted by atomic mass is 19.4. The number of carbonyl (C=O) groups excluding carboxylic acids is 2. The molecule has 8 heteroatoms. The summed E-state index contributed by atoms with van der Waals surface area (Å²) in [4.78, 5) is 27.6. The maximum atomic E-state index is 12.8. The monoisotopic (exact) mass is 399 g/mol. The first-order chi connectivity index (χ1) is 13.7. The van der Waals surface area contributed by atoms with Crippen LogP contribution in [0.4, 0.5) is 24.7 Å². The number of alkyl halides is 3. The molecule has 2 N–H and O–H groups in total. The molecule has 0 radical (unpaired) electrons. The molecule has 0 aliphatic carbocycles. The molecule has 3 aromatic rings. The van der Waals surface area contributed by atoms with Gasteiger partial charge in [-0.15, -0.1) is 0 Å². The Hall–Kier alpha value is -3.68. The van der Waals surface area contributed by atoms with E-state index < -0.39 is 17.6 Å². The molecule has 148 valence electrons.